The first kappa shape index (κ1) is 10.4. The second-order valence-corrected chi connectivity index (χ2v) is 4.92. The van der Waals surface area contributed by atoms with Gasteiger partial charge in [0.25, 0.3) is 5.24 Å². The summed E-state index contributed by atoms with van der Waals surface area (Å²) in [6.07, 6.45) is 5.44. The molecule has 4 nitrogen and oxygen atoms in total. The van der Waals surface area contributed by atoms with Crippen molar-refractivity contribution in [3.63, 3.8) is 0 Å². The number of thioether (sulfide) groups is 1. The fourth-order valence-electron chi connectivity index (χ4n) is 1.97. The number of imidazole rings is 1. The lowest BCUT2D eigenvalue weighted by Crippen LogP contribution is -2.14. The molecule has 86 valence electrons. The number of benzene rings is 1. The zero-order chi connectivity index (χ0) is 11.8. The van der Waals surface area contributed by atoms with Crippen LogP contribution in [0.15, 0.2) is 30.9 Å². The minimum absolute atomic E-state index is 0.0241. The van der Waals surface area contributed by atoms with E-state index in [4.69, 9.17) is 0 Å². The molecule has 1 N–H and O–H groups in total. The van der Waals surface area contributed by atoms with Crippen molar-refractivity contribution in [2.24, 2.45) is 0 Å². The largest absolute Gasteiger partial charge is 0.316 e. The topological polar surface area (TPSA) is 46.9 Å². The van der Waals surface area contributed by atoms with E-state index in [0.717, 1.165) is 22.7 Å². The van der Waals surface area contributed by atoms with Gasteiger partial charge in [-0.3, -0.25) is 4.79 Å². The fourth-order valence-corrected chi connectivity index (χ4v) is 2.66. The number of carbonyl (C=O) groups excluding carboxylic acids is 1. The molecule has 1 aromatic heterocycles. The Morgan fingerprint density at radius 1 is 1.47 bits per heavy atom. The van der Waals surface area contributed by atoms with E-state index in [-0.39, 0.29) is 5.24 Å². The van der Waals surface area contributed by atoms with E-state index in [1.54, 1.807) is 12.5 Å². The van der Waals surface area contributed by atoms with Crippen molar-refractivity contribution in [2.45, 2.75) is 12.7 Å². The summed E-state index contributed by atoms with van der Waals surface area (Å²) in [6, 6.07) is 4.15. The maximum absolute atomic E-state index is 11.3. The lowest BCUT2D eigenvalue weighted by atomic mass is 10.1. The molecular weight excluding hydrogens is 234 g/mol. The first-order chi connectivity index (χ1) is 8.24. The van der Waals surface area contributed by atoms with E-state index in [1.807, 2.05) is 17.7 Å². The Labute approximate surface area is 103 Å². The Kier molecular flexibility index (Phi) is 2.40. The van der Waals surface area contributed by atoms with Crippen molar-refractivity contribution in [1.82, 2.24) is 9.55 Å². The number of aromatic nitrogens is 2. The summed E-state index contributed by atoms with van der Waals surface area (Å²) < 4.78 is 1.97. The average Bonchev–Trinajstić information content (AvgIpc) is 2.83. The van der Waals surface area contributed by atoms with Crippen LogP contribution in [0, 0.1) is 6.92 Å². The van der Waals surface area contributed by atoms with Gasteiger partial charge in [-0.2, -0.15) is 0 Å². The summed E-state index contributed by atoms with van der Waals surface area (Å²) in [4.78, 5) is 15.4. The van der Waals surface area contributed by atoms with Crippen molar-refractivity contribution in [2.75, 3.05) is 5.32 Å². The summed E-state index contributed by atoms with van der Waals surface area (Å²) >= 11 is 1.30. The molecule has 0 unspecified atom stereocenters. The molecular formula is C12H11N3OS. The van der Waals surface area contributed by atoms with Crippen LogP contribution >= 0.6 is 11.8 Å². The molecule has 0 bridgehead atoms. The number of anilines is 1. The number of nitrogens with one attached hydrogen (secondary N) is 1. The number of fused-ring (bicyclic) bond motifs is 1. The van der Waals surface area contributed by atoms with Gasteiger partial charge in [-0.1, -0.05) is 11.8 Å². The van der Waals surface area contributed by atoms with Crippen LogP contribution in [0.5, 0.6) is 0 Å². The van der Waals surface area contributed by atoms with Crippen LogP contribution in [0.2, 0.25) is 0 Å². The van der Waals surface area contributed by atoms with Crippen LogP contribution < -0.4 is 5.32 Å². The predicted molar refractivity (Wildman–Crippen MR) is 68.6 cm³/mol. The number of rotatable bonds is 1. The summed E-state index contributed by atoms with van der Waals surface area (Å²) in [7, 11) is 0. The van der Waals surface area contributed by atoms with E-state index in [2.05, 4.69) is 22.4 Å². The predicted octanol–water partition coefficient (Wildman–Crippen LogP) is 2.96. The van der Waals surface area contributed by atoms with Gasteiger partial charge in [0.05, 0.1) is 6.33 Å². The molecule has 1 aliphatic heterocycles. The molecule has 5 heteroatoms. The molecule has 2 heterocycles. The standard InChI is InChI=1S/C12H11N3OS/c1-8-4-10(15-3-2-13-7-15)5-9-6-17-12(16)14-11(8)9/h2-5,7H,6H2,1H3,(H,14,16). The monoisotopic (exact) mass is 245 g/mol. The number of hydrogen-bond acceptors (Lipinski definition) is 3. The van der Waals surface area contributed by atoms with Crippen LogP contribution in [0.1, 0.15) is 11.1 Å². The molecule has 1 aromatic carbocycles. The van der Waals surface area contributed by atoms with Crippen LogP contribution in [-0.4, -0.2) is 14.8 Å². The zero-order valence-electron chi connectivity index (χ0n) is 9.30. The Hall–Kier alpha value is -1.75. The van der Waals surface area contributed by atoms with Crippen molar-refractivity contribution < 1.29 is 4.79 Å². The summed E-state index contributed by atoms with van der Waals surface area (Å²) in [5.41, 5.74) is 4.28. The van der Waals surface area contributed by atoms with Gasteiger partial charge in [-0.15, -0.1) is 0 Å². The Morgan fingerprint density at radius 3 is 3.12 bits per heavy atom. The molecule has 17 heavy (non-hydrogen) atoms. The highest BCUT2D eigenvalue weighted by Gasteiger charge is 2.18. The van der Waals surface area contributed by atoms with Crippen molar-refractivity contribution >= 4 is 22.7 Å². The number of amides is 1. The van der Waals surface area contributed by atoms with Gasteiger partial charge in [0, 0.05) is 29.5 Å². The van der Waals surface area contributed by atoms with Crippen molar-refractivity contribution in [3.8, 4) is 5.69 Å². The van der Waals surface area contributed by atoms with Gasteiger partial charge in [0.1, 0.15) is 0 Å². The Morgan fingerprint density at radius 2 is 2.35 bits per heavy atom. The van der Waals surface area contributed by atoms with Crippen molar-refractivity contribution in [3.05, 3.63) is 42.0 Å². The van der Waals surface area contributed by atoms with Crippen LogP contribution in [0.3, 0.4) is 0 Å². The third-order valence-electron chi connectivity index (χ3n) is 2.79. The molecule has 1 aliphatic rings. The highest BCUT2D eigenvalue weighted by Crippen LogP contribution is 2.33. The van der Waals surface area contributed by atoms with Crippen LogP contribution in [0.4, 0.5) is 10.5 Å². The van der Waals surface area contributed by atoms with Gasteiger partial charge in [-0.25, -0.2) is 4.98 Å². The summed E-state index contributed by atoms with van der Waals surface area (Å²) in [6.45, 7) is 2.01. The molecule has 0 spiro atoms. The third-order valence-corrected chi connectivity index (χ3v) is 3.61. The van der Waals surface area contributed by atoms with Gasteiger partial charge in [0.2, 0.25) is 0 Å². The first-order valence-corrected chi connectivity index (χ1v) is 6.28. The SMILES string of the molecule is Cc1cc(-n2ccnc2)cc2c1NC(=O)SC2. The number of aryl methyl sites for hydroxylation is 1. The summed E-state index contributed by atoms with van der Waals surface area (Å²) in [5.74, 6) is 0.727. The Bertz CT molecular complexity index is 578. The van der Waals surface area contributed by atoms with E-state index in [9.17, 15) is 4.79 Å². The van der Waals surface area contributed by atoms with E-state index >= 15 is 0 Å². The third kappa shape index (κ3) is 1.82. The lowest BCUT2D eigenvalue weighted by molar-refractivity contribution is 0.269. The van der Waals surface area contributed by atoms with E-state index in [1.165, 1.54) is 17.3 Å². The maximum atomic E-state index is 11.3. The minimum Gasteiger partial charge on any atom is -0.316 e. The van der Waals surface area contributed by atoms with E-state index < -0.39 is 0 Å². The maximum Gasteiger partial charge on any atom is 0.283 e. The Balaban J connectivity index is 2.11. The fraction of sp³-hybridized carbons (Fsp3) is 0.167. The van der Waals surface area contributed by atoms with Crippen molar-refractivity contribution in [1.29, 1.82) is 0 Å². The first-order valence-electron chi connectivity index (χ1n) is 5.29. The van der Waals surface area contributed by atoms with Gasteiger partial charge >= 0.3 is 0 Å². The normalized spacial score (nSPS) is 14.3. The minimum atomic E-state index is 0.0241. The number of hydrogen-bond donors (Lipinski definition) is 1. The number of carbonyl (C=O) groups is 1. The van der Waals surface area contributed by atoms with Crippen LogP contribution in [0.25, 0.3) is 5.69 Å². The molecule has 2 aromatic rings. The van der Waals surface area contributed by atoms with E-state index in [0.29, 0.717) is 0 Å². The van der Waals surface area contributed by atoms with Gasteiger partial charge in [0.15, 0.2) is 0 Å². The molecule has 0 atom stereocenters. The van der Waals surface area contributed by atoms with Gasteiger partial charge in [-0.05, 0) is 30.2 Å². The quantitative estimate of drug-likeness (QED) is 0.840. The molecule has 1 amide bonds. The number of nitrogens with zero attached hydrogens (tertiary/aromatic N) is 2. The zero-order valence-corrected chi connectivity index (χ0v) is 10.1. The van der Waals surface area contributed by atoms with Gasteiger partial charge < -0.3 is 9.88 Å². The second-order valence-electron chi connectivity index (χ2n) is 3.97. The second kappa shape index (κ2) is 3.92. The molecule has 0 saturated carbocycles. The average molecular weight is 245 g/mol. The van der Waals surface area contributed by atoms with Crippen LogP contribution in [-0.2, 0) is 5.75 Å². The lowest BCUT2D eigenvalue weighted by Gasteiger charge is -2.19. The highest BCUT2D eigenvalue weighted by molar-refractivity contribution is 8.13. The molecule has 0 saturated heterocycles. The molecule has 3 rings (SSSR count). The molecule has 0 aliphatic carbocycles. The molecule has 0 fully saturated rings. The smallest absolute Gasteiger partial charge is 0.283 e. The molecule has 0 radical (unpaired) electrons. The summed E-state index contributed by atoms with van der Waals surface area (Å²) in [5, 5.41) is 2.92. The highest BCUT2D eigenvalue weighted by atomic mass is 32.2.